The van der Waals surface area contributed by atoms with E-state index in [9.17, 15) is 18.4 Å². The summed E-state index contributed by atoms with van der Waals surface area (Å²) in [6, 6.07) is 15.8. The first-order valence-corrected chi connectivity index (χ1v) is 13.0. The summed E-state index contributed by atoms with van der Waals surface area (Å²) in [7, 11) is 0. The smallest absolute Gasteiger partial charge is 0.415 e. The lowest BCUT2D eigenvalue weighted by Crippen LogP contribution is -2.36. The van der Waals surface area contributed by atoms with Crippen LogP contribution in [0, 0.1) is 11.6 Å². The minimum atomic E-state index is -1.02. The zero-order chi connectivity index (χ0) is 27.6. The van der Waals surface area contributed by atoms with E-state index >= 15 is 0 Å². The molecule has 7 nitrogen and oxygen atoms in total. The number of carbonyl (C=O) groups is 2. The van der Waals surface area contributed by atoms with Gasteiger partial charge in [0.15, 0.2) is 11.6 Å². The number of carboxylic acids is 1. The van der Waals surface area contributed by atoms with Crippen molar-refractivity contribution in [2.75, 3.05) is 31.1 Å². The van der Waals surface area contributed by atoms with Crippen molar-refractivity contribution in [2.24, 2.45) is 0 Å². The largest absolute Gasteiger partial charge is 0.494 e. The molecule has 2 aliphatic rings. The van der Waals surface area contributed by atoms with Crippen LogP contribution in [-0.4, -0.2) is 53.9 Å². The molecule has 9 heteroatoms. The summed E-state index contributed by atoms with van der Waals surface area (Å²) < 4.78 is 39.3. The van der Waals surface area contributed by atoms with Crippen LogP contribution >= 0.6 is 0 Å². The van der Waals surface area contributed by atoms with Crippen LogP contribution in [-0.2, 0) is 11.3 Å². The molecular formula is C30H30F2N2O5. The van der Waals surface area contributed by atoms with Crippen molar-refractivity contribution < 1.29 is 33.0 Å². The molecule has 5 rings (SSSR count). The molecule has 3 aromatic carbocycles. The molecule has 1 N–H and O–H groups in total. The van der Waals surface area contributed by atoms with E-state index in [-0.39, 0.29) is 5.56 Å². The number of carboxylic acid groups (broad SMARTS) is 1. The standard InChI is InChI=1S/C30H30F2N2O5/c1-2-38-24-9-10-25(21-6-11-26(31)27(32)17-21)22(16-24)18-33-14-3-12-30(13-15-33)19-34(29(37)39-30)23-7-4-20(5-8-23)28(35)36/h4-11,16-17H,2-3,12-15,18-19H2,1H3,(H,35,36). The summed E-state index contributed by atoms with van der Waals surface area (Å²) >= 11 is 0. The Labute approximate surface area is 225 Å². The maximum atomic E-state index is 14.0. The first-order chi connectivity index (χ1) is 18.8. The van der Waals surface area contributed by atoms with Gasteiger partial charge in [0.1, 0.15) is 11.4 Å². The molecule has 1 spiro atoms. The van der Waals surface area contributed by atoms with Gasteiger partial charge in [0.05, 0.1) is 18.7 Å². The number of hydrogen-bond acceptors (Lipinski definition) is 5. The van der Waals surface area contributed by atoms with Crippen molar-refractivity contribution in [3.8, 4) is 16.9 Å². The fourth-order valence-electron chi connectivity index (χ4n) is 5.39. The highest BCUT2D eigenvalue weighted by Crippen LogP contribution is 2.37. The van der Waals surface area contributed by atoms with Crippen LogP contribution in [0.2, 0.25) is 0 Å². The van der Waals surface area contributed by atoms with Gasteiger partial charge in [-0.15, -0.1) is 0 Å². The van der Waals surface area contributed by atoms with Gasteiger partial charge in [-0.1, -0.05) is 12.1 Å². The Hall–Kier alpha value is -3.98. The van der Waals surface area contributed by atoms with Crippen LogP contribution in [0.15, 0.2) is 60.7 Å². The van der Waals surface area contributed by atoms with E-state index in [4.69, 9.17) is 14.6 Å². The zero-order valence-corrected chi connectivity index (χ0v) is 21.7. The third-order valence-electron chi connectivity index (χ3n) is 7.40. The van der Waals surface area contributed by atoms with Gasteiger partial charge in [-0.05, 0) is 91.5 Å². The number of rotatable bonds is 7. The molecule has 0 radical (unpaired) electrons. The maximum absolute atomic E-state index is 14.0. The lowest BCUT2D eigenvalue weighted by Gasteiger charge is -2.26. The van der Waals surface area contributed by atoms with Crippen molar-refractivity contribution in [2.45, 2.75) is 38.3 Å². The van der Waals surface area contributed by atoms with Crippen LogP contribution in [0.25, 0.3) is 11.1 Å². The second kappa shape index (κ2) is 11.0. The molecule has 0 saturated carbocycles. The molecule has 2 saturated heterocycles. The number of benzene rings is 3. The van der Waals surface area contributed by atoms with E-state index in [0.29, 0.717) is 56.1 Å². The Morgan fingerprint density at radius 3 is 2.54 bits per heavy atom. The van der Waals surface area contributed by atoms with Crippen molar-refractivity contribution >= 4 is 17.7 Å². The number of carbonyl (C=O) groups excluding carboxylic acids is 1. The van der Waals surface area contributed by atoms with Crippen molar-refractivity contribution in [1.82, 2.24) is 4.90 Å². The van der Waals surface area contributed by atoms with Gasteiger partial charge in [0, 0.05) is 25.2 Å². The Bertz CT molecular complexity index is 1380. The number of anilines is 1. The monoisotopic (exact) mass is 536 g/mol. The molecule has 2 heterocycles. The molecule has 1 amide bonds. The lowest BCUT2D eigenvalue weighted by molar-refractivity contribution is 0.0443. The predicted octanol–water partition coefficient (Wildman–Crippen LogP) is 6.11. The molecule has 0 bridgehead atoms. The quantitative estimate of drug-likeness (QED) is 0.393. The Kier molecular flexibility index (Phi) is 7.52. The van der Waals surface area contributed by atoms with Gasteiger partial charge in [0.25, 0.3) is 0 Å². The Morgan fingerprint density at radius 2 is 1.82 bits per heavy atom. The number of halogens is 2. The molecule has 0 aliphatic carbocycles. The summed E-state index contributed by atoms with van der Waals surface area (Å²) in [6.45, 7) is 4.84. The molecule has 0 aromatic heterocycles. The second-order valence-electron chi connectivity index (χ2n) is 10.00. The number of aromatic carboxylic acids is 1. The van der Waals surface area contributed by atoms with E-state index < -0.39 is 29.3 Å². The Morgan fingerprint density at radius 1 is 1.03 bits per heavy atom. The number of nitrogens with zero attached hydrogens (tertiary/aromatic N) is 2. The first kappa shape index (κ1) is 26.6. The highest BCUT2D eigenvalue weighted by molar-refractivity contribution is 5.92. The number of likely N-dealkylation sites (tertiary alicyclic amines) is 1. The first-order valence-electron chi connectivity index (χ1n) is 13.0. The predicted molar refractivity (Wildman–Crippen MR) is 142 cm³/mol. The fourth-order valence-corrected chi connectivity index (χ4v) is 5.39. The minimum absolute atomic E-state index is 0.155. The summed E-state index contributed by atoms with van der Waals surface area (Å²) in [5, 5.41) is 9.15. The molecule has 3 aromatic rings. The summed E-state index contributed by atoms with van der Waals surface area (Å²) in [5.41, 5.74) is 2.46. The maximum Gasteiger partial charge on any atom is 0.415 e. The van der Waals surface area contributed by atoms with Crippen molar-refractivity contribution in [3.05, 3.63) is 83.4 Å². The average molecular weight is 537 g/mol. The van der Waals surface area contributed by atoms with Crippen molar-refractivity contribution in [1.29, 1.82) is 0 Å². The highest BCUT2D eigenvalue weighted by Gasteiger charge is 2.46. The molecule has 39 heavy (non-hydrogen) atoms. The van der Waals surface area contributed by atoms with E-state index in [2.05, 4.69) is 4.90 Å². The molecular weight excluding hydrogens is 506 g/mol. The second-order valence-corrected chi connectivity index (χ2v) is 10.00. The SMILES string of the molecule is CCOc1ccc(-c2ccc(F)c(F)c2)c(CN2CCCC3(CC2)CN(c2ccc(C(=O)O)cc2)C(=O)O3)c1. The zero-order valence-electron chi connectivity index (χ0n) is 21.7. The molecule has 204 valence electrons. The summed E-state index contributed by atoms with van der Waals surface area (Å²) in [5.74, 6) is -2.10. The average Bonchev–Trinajstić information content (AvgIpc) is 3.12. The number of amides is 1. The van der Waals surface area contributed by atoms with Crippen LogP contribution in [0.1, 0.15) is 42.1 Å². The number of hydrogen-bond donors (Lipinski definition) is 1. The van der Waals surface area contributed by atoms with Gasteiger partial charge in [-0.3, -0.25) is 9.80 Å². The van der Waals surface area contributed by atoms with E-state index in [0.717, 1.165) is 30.2 Å². The van der Waals surface area contributed by atoms with E-state index in [1.807, 2.05) is 25.1 Å². The minimum Gasteiger partial charge on any atom is -0.494 e. The Balaban J connectivity index is 1.32. The van der Waals surface area contributed by atoms with Crippen LogP contribution < -0.4 is 9.64 Å². The third kappa shape index (κ3) is 5.73. The fraction of sp³-hybridized carbons (Fsp3) is 0.333. The third-order valence-corrected chi connectivity index (χ3v) is 7.40. The van der Waals surface area contributed by atoms with Crippen LogP contribution in [0.5, 0.6) is 5.75 Å². The molecule has 2 aliphatic heterocycles. The van der Waals surface area contributed by atoms with Crippen LogP contribution in [0.3, 0.4) is 0 Å². The molecule has 1 atom stereocenters. The topological polar surface area (TPSA) is 79.3 Å². The van der Waals surface area contributed by atoms with Gasteiger partial charge in [-0.2, -0.15) is 0 Å². The van der Waals surface area contributed by atoms with E-state index in [1.165, 1.54) is 18.2 Å². The van der Waals surface area contributed by atoms with Gasteiger partial charge >= 0.3 is 12.1 Å². The highest BCUT2D eigenvalue weighted by atomic mass is 19.2. The van der Waals surface area contributed by atoms with Crippen molar-refractivity contribution in [3.63, 3.8) is 0 Å². The summed E-state index contributed by atoms with van der Waals surface area (Å²) in [6.07, 6.45) is 1.71. The molecule has 2 fully saturated rings. The van der Waals surface area contributed by atoms with Crippen LogP contribution in [0.4, 0.5) is 19.3 Å². The summed E-state index contributed by atoms with van der Waals surface area (Å²) in [4.78, 5) is 27.8. The van der Waals surface area contributed by atoms with Gasteiger partial charge in [0.2, 0.25) is 0 Å². The number of ether oxygens (including phenoxy) is 2. The lowest BCUT2D eigenvalue weighted by atomic mass is 9.94. The molecule has 1 unspecified atom stereocenters. The normalized spacial score (nSPS) is 19.7. The van der Waals surface area contributed by atoms with Gasteiger partial charge in [-0.25, -0.2) is 18.4 Å². The van der Waals surface area contributed by atoms with Gasteiger partial charge < -0.3 is 14.6 Å². The van der Waals surface area contributed by atoms with E-state index in [1.54, 1.807) is 23.1 Å².